The summed E-state index contributed by atoms with van der Waals surface area (Å²) in [4.78, 5) is 26.7. The Kier molecular flexibility index (Phi) is 5.02. The van der Waals surface area contributed by atoms with Crippen molar-refractivity contribution in [1.29, 1.82) is 0 Å². The molecule has 2 amide bonds. The highest BCUT2D eigenvalue weighted by Gasteiger charge is 2.54. The van der Waals surface area contributed by atoms with Crippen molar-refractivity contribution in [3.63, 3.8) is 0 Å². The van der Waals surface area contributed by atoms with Crippen LogP contribution < -0.4 is 15.5 Å². The third-order valence-electron chi connectivity index (χ3n) is 7.47. The van der Waals surface area contributed by atoms with E-state index in [0.717, 1.165) is 62.9 Å². The Hall–Kier alpha value is -1.10. The molecule has 4 aliphatic carbocycles. The summed E-state index contributed by atoms with van der Waals surface area (Å²) in [6.45, 7) is 8.56. The molecule has 3 N–H and O–H groups in total. The van der Waals surface area contributed by atoms with E-state index in [9.17, 15) is 9.59 Å². The third-order valence-corrected chi connectivity index (χ3v) is 7.47. The van der Waals surface area contributed by atoms with Gasteiger partial charge >= 0.3 is 0 Å². The van der Waals surface area contributed by atoms with Crippen LogP contribution in [0, 0.1) is 23.2 Å². The molecule has 1 saturated heterocycles. The molecule has 0 spiro atoms. The topological polar surface area (TPSA) is 62.6 Å². The van der Waals surface area contributed by atoms with Crippen LogP contribution >= 0.6 is 0 Å². The zero-order chi connectivity index (χ0) is 19.2. The van der Waals surface area contributed by atoms with E-state index in [-0.39, 0.29) is 16.9 Å². The summed E-state index contributed by atoms with van der Waals surface area (Å²) in [6.07, 6.45) is 9.55. The summed E-state index contributed by atoms with van der Waals surface area (Å²) in [6, 6.07) is 0.305. The highest BCUT2D eigenvalue weighted by atomic mass is 16.2. The molecule has 152 valence electrons. The molecule has 27 heavy (non-hydrogen) atoms. The lowest BCUT2D eigenvalue weighted by Gasteiger charge is -2.56. The zero-order valence-electron chi connectivity index (χ0n) is 17.4. The molecule has 5 nitrogen and oxygen atoms in total. The van der Waals surface area contributed by atoms with Crippen molar-refractivity contribution < 1.29 is 14.5 Å². The Morgan fingerprint density at radius 1 is 0.963 bits per heavy atom. The Morgan fingerprint density at radius 2 is 1.48 bits per heavy atom. The van der Waals surface area contributed by atoms with Crippen molar-refractivity contribution in [2.24, 2.45) is 23.2 Å². The molecule has 0 atom stereocenters. The summed E-state index contributed by atoms with van der Waals surface area (Å²) >= 11 is 0. The van der Waals surface area contributed by atoms with Crippen LogP contribution in [0.5, 0.6) is 0 Å². The predicted octanol–water partition coefficient (Wildman–Crippen LogP) is 1.28. The lowest BCUT2D eigenvalue weighted by atomic mass is 9.49. The van der Waals surface area contributed by atoms with Crippen molar-refractivity contribution in [2.45, 2.75) is 83.7 Å². The number of hydrogen-bond acceptors (Lipinski definition) is 2. The van der Waals surface area contributed by atoms with Gasteiger partial charge in [0.05, 0.1) is 13.1 Å². The SMILES string of the molecule is CC(C)(C)NC(=O)C[NH+]1CCC(NC(=O)C23CC4CC(CC(C4)C2)C3)CC1. The van der Waals surface area contributed by atoms with Crippen LogP contribution in [0.4, 0.5) is 0 Å². The first-order chi connectivity index (χ1) is 12.7. The molecule has 5 fully saturated rings. The van der Waals surface area contributed by atoms with Crippen LogP contribution in [-0.2, 0) is 9.59 Å². The van der Waals surface area contributed by atoms with Gasteiger partial charge in [-0.2, -0.15) is 0 Å². The first-order valence-corrected chi connectivity index (χ1v) is 11.2. The zero-order valence-corrected chi connectivity index (χ0v) is 17.4. The lowest BCUT2D eigenvalue weighted by molar-refractivity contribution is -0.897. The van der Waals surface area contributed by atoms with Crippen LogP contribution in [0.1, 0.15) is 72.1 Å². The van der Waals surface area contributed by atoms with E-state index in [1.807, 2.05) is 20.8 Å². The number of likely N-dealkylation sites (tertiary alicyclic amines) is 1. The average molecular weight is 377 g/mol. The highest BCUT2D eigenvalue weighted by molar-refractivity contribution is 5.83. The predicted molar refractivity (Wildman–Crippen MR) is 105 cm³/mol. The molecule has 0 aromatic heterocycles. The Balaban J connectivity index is 1.25. The lowest BCUT2D eigenvalue weighted by Crippen LogP contribution is -3.14. The second kappa shape index (κ2) is 7.06. The monoisotopic (exact) mass is 376 g/mol. The fourth-order valence-corrected chi connectivity index (χ4v) is 6.76. The van der Waals surface area contributed by atoms with Crippen molar-refractivity contribution in [1.82, 2.24) is 10.6 Å². The second-order valence-electron chi connectivity index (χ2n) is 11.2. The number of carbonyl (C=O) groups is 2. The van der Waals surface area contributed by atoms with Gasteiger partial charge in [0.25, 0.3) is 5.91 Å². The van der Waals surface area contributed by atoms with Gasteiger partial charge in [-0.05, 0) is 77.0 Å². The molecular weight excluding hydrogens is 338 g/mol. The fraction of sp³-hybridized carbons (Fsp3) is 0.909. The van der Waals surface area contributed by atoms with Gasteiger partial charge in [0.15, 0.2) is 6.54 Å². The van der Waals surface area contributed by atoms with Gasteiger partial charge in [-0.3, -0.25) is 9.59 Å². The molecule has 5 rings (SSSR count). The van der Waals surface area contributed by atoms with E-state index < -0.39 is 0 Å². The molecule has 5 heteroatoms. The number of piperidine rings is 1. The maximum Gasteiger partial charge on any atom is 0.275 e. The molecule has 0 radical (unpaired) electrons. The van der Waals surface area contributed by atoms with Crippen molar-refractivity contribution in [3.05, 3.63) is 0 Å². The van der Waals surface area contributed by atoms with E-state index >= 15 is 0 Å². The van der Waals surface area contributed by atoms with E-state index in [1.165, 1.54) is 24.2 Å². The molecular formula is C22H38N3O2+. The van der Waals surface area contributed by atoms with E-state index in [1.54, 1.807) is 0 Å². The van der Waals surface area contributed by atoms with Gasteiger partial charge in [-0.15, -0.1) is 0 Å². The first-order valence-electron chi connectivity index (χ1n) is 11.2. The summed E-state index contributed by atoms with van der Waals surface area (Å²) in [5.74, 6) is 2.94. The quantitative estimate of drug-likeness (QED) is 0.692. The van der Waals surface area contributed by atoms with Crippen LogP contribution in [-0.4, -0.2) is 43.0 Å². The normalized spacial score (nSPS) is 40.6. The second-order valence-corrected chi connectivity index (χ2v) is 11.2. The molecule has 0 aromatic carbocycles. The maximum absolute atomic E-state index is 13.2. The van der Waals surface area contributed by atoms with E-state index in [2.05, 4.69) is 10.6 Å². The number of rotatable bonds is 4. The number of hydrogen-bond donors (Lipinski definition) is 3. The number of carbonyl (C=O) groups excluding carboxylic acids is 2. The number of nitrogens with one attached hydrogen (secondary N) is 3. The summed E-state index contributed by atoms with van der Waals surface area (Å²) in [5, 5.41) is 6.49. The molecule has 5 aliphatic rings. The number of quaternary nitrogens is 1. The fourth-order valence-electron chi connectivity index (χ4n) is 6.76. The van der Waals surface area contributed by atoms with Crippen molar-refractivity contribution in [3.8, 4) is 0 Å². The van der Waals surface area contributed by atoms with Gasteiger partial charge in [-0.25, -0.2) is 0 Å². The van der Waals surface area contributed by atoms with Gasteiger partial charge in [0.1, 0.15) is 0 Å². The molecule has 4 saturated carbocycles. The maximum atomic E-state index is 13.2. The van der Waals surface area contributed by atoms with Crippen LogP contribution in [0.15, 0.2) is 0 Å². The standard InChI is InChI=1S/C22H37N3O2/c1-21(2,3)24-19(26)14-25-6-4-18(5-7-25)23-20(27)22-11-15-8-16(12-22)10-17(9-15)13-22/h15-18H,4-14H2,1-3H3,(H,23,27)(H,24,26)/p+1. The summed E-state index contributed by atoms with van der Waals surface area (Å²) in [7, 11) is 0. The van der Waals surface area contributed by atoms with E-state index in [4.69, 9.17) is 0 Å². The molecule has 1 aliphatic heterocycles. The Morgan fingerprint density at radius 3 is 1.96 bits per heavy atom. The minimum atomic E-state index is -0.166. The number of amides is 2. The van der Waals surface area contributed by atoms with Crippen molar-refractivity contribution >= 4 is 11.8 Å². The van der Waals surface area contributed by atoms with Crippen LogP contribution in [0.3, 0.4) is 0 Å². The molecule has 1 heterocycles. The highest BCUT2D eigenvalue weighted by Crippen LogP contribution is 2.60. The first kappa shape index (κ1) is 19.2. The average Bonchev–Trinajstić information content (AvgIpc) is 2.53. The van der Waals surface area contributed by atoms with Crippen molar-refractivity contribution in [2.75, 3.05) is 19.6 Å². The minimum absolute atomic E-state index is 0.0364. The molecule has 4 bridgehead atoms. The van der Waals surface area contributed by atoms with Gasteiger partial charge < -0.3 is 15.5 Å². The molecule has 0 unspecified atom stereocenters. The van der Waals surface area contributed by atoms with Gasteiger partial charge in [-0.1, -0.05) is 0 Å². The Labute approximate surface area is 164 Å². The van der Waals surface area contributed by atoms with Gasteiger partial charge in [0, 0.05) is 29.8 Å². The smallest absolute Gasteiger partial charge is 0.275 e. The minimum Gasteiger partial charge on any atom is -0.352 e. The molecule has 0 aromatic rings. The summed E-state index contributed by atoms with van der Waals surface area (Å²) < 4.78 is 0. The van der Waals surface area contributed by atoms with Crippen LogP contribution in [0.2, 0.25) is 0 Å². The van der Waals surface area contributed by atoms with E-state index in [0.29, 0.717) is 18.5 Å². The van der Waals surface area contributed by atoms with Crippen LogP contribution in [0.25, 0.3) is 0 Å². The van der Waals surface area contributed by atoms with Gasteiger partial charge in [0.2, 0.25) is 5.91 Å². The third kappa shape index (κ3) is 4.33. The largest absolute Gasteiger partial charge is 0.352 e. The Bertz CT molecular complexity index is 552. The summed E-state index contributed by atoms with van der Waals surface area (Å²) in [5.41, 5.74) is -0.202.